The van der Waals surface area contributed by atoms with Gasteiger partial charge in [-0.3, -0.25) is 9.79 Å². The van der Waals surface area contributed by atoms with Crippen LogP contribution in [0.5, 0.6) is 5.75 Å². The van der Waals surface area contributed by atoms with Gasteiger partial charge in [-0.1, -0.05) is 24.3 Å². The van der Waals surface area contributed by atoms with Crippen molar-refractivity contribution in [1.82, 2.24) is 15.5 Å². The maximum atomic E-state index is 13.2. The molecule has 2 N–H and O–H groups in total. The quantitative estimate of drug-likeness (QED) is 0.386. The molecule has 2 aromatic carbocycles. The van der Waals surface area contributed by atoms with Gasteiger partial charge in [0.15, 0.2) is 5.96 Å². The topological polar surface area (TPSA) is 66.0 Å². The van der Waals surface area contributed by atoms with E-state index in [-0.39, 0.29) is 18.1 Å². The molecule has 0 heterocycles. The van der Waals surface area contributed by atoms with E-state index in [9.17, 15) is 9.18 Å². The average Bonchev–Trinajstić information content (AvgIpc) is 2.69. The van der Waals surface area contributed by atoms with Crippen LogP contribution in [0.2, 0.25) is 0 Å². The lowest BCUT2D eigenvalue weighted by Gasteiger charge is -2.22. The summed E-state index contributed by atoms with van der Waals surface area (Å²) in [6, 6.07) is 14.0. The van der Waals surface area contributed by atoms with Gasteiger partial charge in [-0.25, -0.2) is 4.39 Å². The minimum atomic E-state index is -0.337. The molecule has 0 aromatic heterocycles. The highest BCUT2D eigenvalue weighted by atomic mass is 19.1. The maximum Gasteiger partial charge on any atom is 0.224 e. The van der Waals surface area contributed by atoms with Crippen molar-refractivity contribution >= 4 is 11.9 Å². The van der Waals surface area contributed by atoms with E-state index in [1.807, 2.05) is 43.1 Å². The fourth-order valence-corrected chi connectivity index (χ4v) is 2.86. The molecule has 0 aliphatic heterocycles. The van der Waals surface area contributed by atoms with E-state index in [2.05, 4.69) is 15.6 Å². The summed E-state index contributed by atoms with van der Waals surface area (Å²) in [4.78, 5) is 18.3. The van der Waals surface area contributed by atoms with Crippen molar-refractivity contribution in [1.29, 1.82) is 0 Å². The molecular weight excluding hydrogens is 371 g/mol. The number of halogens is 1. The number of amides is 1. The predicted octanol–water partition coefficient (Wildman–Crippen LogP) is 2.59. The minimum absolute atomic E-state index is 0.143. The smallest absolute Gasteiger partial charge is 0.224 e. The van der Waals surface area contributed by atoms with E-state index in [1.165, 1.54) is 12.1 Å². The van der Waals surface area contributed by atoms with Crippen molar-refractivity contribution in [3.05, 3.63) is 65.5 Å². The monoisotopic (exact) mass is 400 g/mol. The van der Waals surface area contributed by atoms with Gasteiger partial charge in [-0.2, -0.15) is 0 Å². The maximum absolute atomic E-state index is 13.2. The van der Waals surface area contributed by atoms with Crippen LogP contribution in [0.3, 0.4) is 0 Å². The molecule has 2 rings (SSSR count). The van der Waals surface area contributed by atoms with Crippen molar-refractivity contribution in [2.24, 2.45) is 4.99 Å². The molecule has 0 fully saturated rings. The summed E-state index contributed by atoms with van der Waals surface area (Å²) in [6.07, 6.45) is 0.157. The SMILES string of the molecule is CCOc1ccc(CN(C)C(=NC)NCCNC(=O)Cc2cccc(F)c2)cc1. The Morgan fingerprint density at radius 1 is 1.10 bits per heavy atom. The number of carbonyl (C=O) groups excluding carboxylic acids is 1. The van der Waals surface area contributed by atoms with Crippen LogP contribution in [0.25, 0.3) is 0 Å². The molecule has 0 saturated carbocycles. The third kappa shape index (κ3) is 7.81. The fraction of sp³-hybridized carbons (Fsp3) is 0.364. The summed E-state index contributed by atoms with van der Waals surface area (Å²) in [7, 11) is 3.67. The second-order valence-corrected chi connectivity index (χ2v) is 6.56. The molecule has 2 aromatic rings. The van der Waals surface area contributed by atoms with Crippen molar-refractivity contribution in [2.75, 3.05) is 33.8 Å². The number of rotatable bonds is 9. The Labute approximate surface area is 171 Å². The molecule has 0 spiro atoms. The summed E-state index contributed by atoms with van der Waals surface area (Å²) < 4.78 is 18.6. The number of carbonyl (C=O) groups is 1. The number of hydrogen-bond donors (Lipinski definition) is 2. The standard InChI is InChI=1S/C22H29FN4O2/c1-4-29-20-10-8-17(9-11-20)16-27(3)22(24-2)26-13-12-25-21(28)15-18-6-5-7-19(23)14-18/h5-11,14H,4,12-13,15-16H2,1-3H3,(H,24,26)(H,25,28). The highest BCUT2D eigenvalue weighted by molar-refractivity contribution is 5.80. The molecule has 0 radical (unpaired) electrons. The highest BCUT2D eigenvalue weighted by Gasteiger charge is 2.08. The first-order valence-electron chi connectivity index (χ1n) is 9.66. The molecule has 0 aliphatic rings. The first-order chi connectivity index (χ1) is 14.0. The van der Waals surface area contributed by atoms with Crippen LogP contribution in [0.4, 0.5) is 4.39 Å². The number of benzene rings is 2. The van der Waals surface area contributed by atoms with Crippen LogP contribution < -0.4 is 15.4 Å². The normalized spacial score (nSPS) is 11.1. The predicted molar refractivity (Wildman–Crippen MR) is 114 cm³/mol. The Kier molecular flexibility index (Phi) is 8.95. The van der Waals surface area contributed by atoms with Crippen molar-refractivity contribution < 1.29 is 13.9 Å². The Morgan fingerprint density at radius 3 is 2.48 bits per heavy atom. The summed E-state index contributed by atoms with van der Waals surface area (Å²) in [6.45, 7) is 4.28. The van der Waals surface area contributed by atoms with Crippen molar-refractivity contribution in [3.8, 4) is 5.75 Å². The third-order valence-electron chi connectivity index (χ3n) is 4.21. The van der Waals surface area contributed by atoms with Crippen molar-refractivity contribution in [2.45, 2.75) is 19.9 Å². The number of aliphatic imine (C=N–C) groups is 1. The van der Waals surface area contributed by atoms with Gasteiger partial charge in [0.1, 0.15) is 11.6 Å². The van der Waals surface area contributed by atoms with E-state index in [0.717, 1.165) is 17.3 Å². The van der Waals surface area contributed by atoms with E-state index < -0.39 is 0 Å². The number of hydrogen-bond acceptors (Lipinski definition) is 3. The Balaban J connectivity index is 1.72. The lowest BCUT2D eigenvalue weighted by atomic mass is 10.1. The Hall–Kier alpha value is -3.09. The van der Waals surface area contributed by atoms with Crippen LogP contribution in [0.1, 0.15) is 18.1 Å². The van der Waals surface area contributed by atoms with Crippen LogP contribution in [-0.4, -0.2) is 50.6 Å². The van der Waals surface area contributed by atoms with E-state index in [1.54, 1.807) is 19.2 Å². The molecular formula is C22H29FN4O2. The second kappa shape index (κ2) is 11.7. The lowest BCUT2D eigenvalue weighted by Crippen LogP contribution is -2.42. The first-order valence-corrected chi connectivity index (χ1v) is 9.66. The molecule has 0 atom stereocenters. The van der Waals surface area contributed by atoms with Gasteiger partial charge in [0, 0.05) is 33.7 Å². The minimum Gasteiger partial charge on any atom is -0.494 e. The summed E-state index contributed by atoms with van der Waals surface area (Å²) in [5, 5.41) is 6.05. The zero-order valence-electron chi connectivity index (χ0n) is 17.2. The number of ether oxygens (including phenoxy) is 1. The van der Waals surface area contributed by atoms with Gasteiger partial charge in [-0.15, -0.1) is 0 Å². The lowest BCUT2D eigenvalue weighted by molar-refractivity contribution is -0.120. The Bertz CT molecular complexity index is 809. The Morgan fingerprint density at radius 2 is 1.83 bits per heavy atom. The highest BCUT2D eigenvalue weighted by Crippen LogP contribution is 2.13. The van der Waals surface area contributed by atoms with Gasteiger partial charge in [0.05, 0.1) is 13.0 Å². The molecule has 0 aliphatic carbocycles. The summed E-state index contributed by atoms with van der Waals surface area (Å²) >= 11 is 0. The molecule has 0 unspecified atom stereocenters. The van der Waals surface area contributed by atoms with Crippen LogP contribution >= 0.6 is 0 Å². The molecule has 156 valence electrons. The van der Waals surface area contributed by atoms with Crippen LogP contribution in [-0.2, 0) is 17.8 Å². The summed E-state index contributed by atoms with van der Waals surface area (Å²) in [5.41, 5.74) is 1.80. The zero-order valence-corrected chi connectivity index (χ0v) is 17.2. The van der Waals surface area contributed by atoms with Gasteiger partial charge in [0.25, 0.3) is 0 Å². The average molecular weight is 400 g/mol. The number of nitrogens with zero attached hydrogens (tertiary/aromatic N) is 2. The van der Waals surface area contributed by atoms with Gasteiger partial charge < -0.3 is 20.3 Å². The summed E-state index contributed by atoms with van der Waals surface area (Å²) in [5.74, 6) is 1.11. The molecule has 6 nitrogen and oxygen atoms in total. The van der Waals surface area contributed by atoms with E-state index in [0.29, 0.717) is 31.8 Å². The molecule has 7 heteroatoms. The largest absolute Gasteiger partial charge is 0.494 e. The van der Waals surface area contributed by atoms with Crippen LogP contribution in [0.15, 0.2) is 53.5 Å². The molecule has 0 saturated heterocycles. The van der Waals surface area contributed by atoms with Crippen molar-refractivity contribution in [3.63, 3.8) is 0 Å². The van der Waals surface area contributed by atoms with Gasteiger partial charge in [-0.05, 0) is 42.3 Å². The van der Waals surface area contributed by atoms with E-state index >= 15 is 0 Å². The molecule has 29 heavy (non-hydrogen) atoms. The zero-order chi connectivity index (χ0) is 21.1. The number of nitrogens with one attached hydrogen (secondary N) is 2. The third-order valence-corrected chi connectivity index (χ3v) is 4.21. The van der Waals surface area contributed by atoms with Crippen LogP contribution in [0, 0.1) is 5.82 Å². The fourth-order valence-electron chi connectivity index (χ4n) is 2.86. The molecule has 0 bridgehead atoms. The van der Waals surface area contributed by atoms with E-state index in [4.69, 9.17) is 4.74 Å². The number of guanidine groups is 1. The second-order valence-electron chi connectivity index (χ2n) is 6.56. The van der Waals surface area contributed by atoms with Gasteiger partial charge >= 0.3 is 0 Å². The first kappa shape index (κ1) is 22.2. The van der Waals surface area contributed by atoms with Gasteiger partial charge in [0.2, 0.25) is 5.91 Å². The molecule has 1 amide bonds.